The summed E-state index contributed by atoms with van der Waals surface area (Å²) in [4.78, 5) is 6.39. The molecule has 3 nitrogen and oxygen atoms in total. The average Bonchev–Trinajstić information content (AvgIpc) is 2.18. The molecule has 0 spiro atoms. The van der Waals surface area contributed by atoms with E-state index in [1.807, 2.05) is 6.92 Å². The molecule has 0 saturated heterocycles. The fourth-order valence-corrected chi connectivity index (χ4v) is 2.09. The Balaban J connectivity index is 2.45. The Morgan fingerprint density at radius 3 is 2.43 bits per heavy atom. The highest BCUT2D eigenvalue weighted by molar-refractivity contribution is 5.78. The fraction of sp³-hybridized carbons (Fsp3) is 0.909. The van der Waals surface area contributed by atoms with Gasteiger partial charge in [-0.1, -0.05) is 6.92 Å². The quantitative estimate of drug-likeness (QED) is 0.542. The summed E-state index contributed by atoms with van der Waals surface area (Å²) in [6.45, 7) is 5.13. The van der Waals surface area contributed by atoms with Crippen LogP contribution in [0.1, 0.15) is 39.5 Å². The van der Waals surface area contributed by atoms with Gasteiger partial charge in [-0.3, -0.25) is 4.99 Å². The van der Waals surface area contributed by atoms with E-state index in [1.54, 1.807) is 0 Å². The fourth-order valence-electron chi connectivity index (χ4n) is 2.09. The highest BCUT2D eigenvalue weighted by Crippen LogP contribution is 2.26. The van der Waals surface area contributed by atoms with Gasteiger partial charge < -0.3 is 10.6 Å². The lowest BCUT2D eigenvalue weighted by atomic mass is 9.87. The Labute approximate surface area is 87.4 Å². The van der Waals surface area contributed by atoms with Crippen LogP contribution in [0.25, 0.3) is 0 Å². The molecule has 0 atom stereocenters. The summed E-state index contributed by atoms with van der Waals surface area (Å²) in [6, 6.07) is 0.612. The van der Waals surface area contributed by atoms with Crippen molar-refractivity contribution >= 4 is 5.96 Å². The van der Waals surface area contributed by atoms with Gasteiger partial charge in [-0.15, -0.1) is 0 Å². The molecule has 0 aromatic heterocycles. The summed E-state index contributed by atoms with van der Waals surface area (Å²) in [6.07, 6.45) is 5.18. The van der Waals surface area contributed by atoms with Crippen LogP contribution in [0.5, 0.6) is 0 Å². The van der Waals surface area contributed by atoms with Crippen molar-refractivity contribution in [1.82, 2.24) is 4.90 Å². The second kappa shape index (κ2) is 5.23. The number of nitrogens with zero attached hydrogens (tertiary/aromatic N) is 2. The van der Waals surface area contributed by atoms with E-state index in [1.165, 1.54) is 25.7 Å². The first-order chi connectivity index (χ1) is 6.65. The molecular weight excluding hydrogens is 174 g/mol. The molecule has 0 bridgehead atoms. The third kappa shape index (κ3) is 2.89. The van der Waals surface area contributed by atoms with Crippen LogP contribution in [0.4, 0.5) is 0 Å². The number of nitrogens with two attached hydrogens (primary N) is 1. The maximum atomic E-state index is 5.87. The molecule has 0 heterocycles. The molecule has 1 rings (SSSR count). The van der Waals surface area contributed by atoms with Gasteiger partial charge in [-0.2, -0.15) is 0 Å². The molecule has 0 aliphatic heterocycles. The lowest BCUT2D eigenvalue weighted by Gasteiger charge is -2.34. The summed E-state index contributed by atoms with van der Waals surface area (Å²) < 4.78 is 0. The molecule has 0 aromatic rings. The summed E-state index contributed by atoms with van der Waals surface area (Å²) in [5.74, 6) is 1.59. The van der Waals surface area contributed by atoms with Gasteiger partial charge in [0.1, 0.15) is 0 Å². The Morgan fingerprint density at radius 1 is 1.36 bits per heavy atom. The second-order valence-corrected chi connectivity index (χ2v) is 4.36. The number of rotatable bonds is 2. The Morgan fingerprint density at radius 2 is 1.93 bits per heavy atom. The van der Waals surface area contributed by atoms with E-state index in [-0.39, 0.29) is 0 Å². The standard InChI is InChI=1S/C11H23N3/c1-4-13-11(12)14(3)10-7-5-9(2)6-8-10/h9-10H,4-8H2,1-3H3,(H2,12,13). The van der Waals surface area contributed by atoms with E-state index < -0.39 is 0 Å². The third-order valence-corrected chi connectivity index (χ3v) is 3.21. The van der Waals surface area contributed by atoms with Crippen LogP contribution in [0, 0.1) is 5.92 Å². The highest BCUT2D eigenvalue weighted by Gasteiger charge is 2.22. The lowest BCUT2D eigenvalue weighted by molar-refractivity contribution is 0.237. The zero-order valence-electron chi connectivity index (χ0n) is 9.66. The van der Waals surface area contributed by atoms with Crippen molar-refractivity contribution < 1.29 is 0 Å². The van der Waals surface area contributed by atoms with Crippen LogP contribution in [0.2, 0.25) is 0 Å². The predicted octanol–water partition coefficient (Wildman–Crippen LogP) is 1.83. The number of hydrogen-bond donors (Lipinski definition) is 1. The highest BCUT2D eigenvalue weighted by atomic mass is 15.2. The normalized spacial score (nSPS) is 28.9. The van der Waals surface area contributed by atoms with Gasteiger partial charge in [0.2, 0.25) is 0 Å². The Bertz CT molecular complexity index is 193. The van der Waals surface area contributed by atoms with Crippen LogP contribution >= 0.6 is 0 Å². The van der Waals surface area contributed by atoms with Gasteiger partial charge in [-0.25, -0.2) is 0 Å². The van der Waals surface area contributed by atoms with E-state index in [0.717, 1.165) is 12.5 Å². The van der Waals surface area contributed by atoms with E-state index in [4.69, 9.17) is 5.73 Å². The first-order valence-corrected chi connectivity index (χ1v) is 5.67. The molecule has 3 heteroatoms. The summed E-state index contributed by atoms with van der Waals surface area (Å²) in [7, 11) is 2.06. The summed E-state index contributed by atoms with van der Waals surface area (Å²) in [5, 5.41) is 0. The van der Waals surface area contributed by atoms with Crippen molar-refractivity contribution in [3.8, 4) is 0 Å². The van der Waals surface area contributed by atoms with Crippen LogP contribution in [-0.4, -0.2) is 30.5 Å². The minimum Gasteiger partial charge on any atom is -0.370 e. The maximum Gasteiger partial charge on any atom is 0.191 e. The van der Waals surface area contributed by atoms with Crippen molar-refractivity contribution in [2.45, 2.75) is 45.6 Å². The molecule has 0 aromatic carbocycles. The van der Waals surface area contributed by atoms with Crippen molar-refractivity contribution in [1.29, 1.82) is 0 Å². The Hall–Kier alpha value is -0.730. The first kappa shape index (κ1) is 11.3. The molecule has 0 radical (unpaired) electrons. The molecule has 1 aliphatic rings. The monoisotopic (exact) mass is 197 g/mol. The van der Waals surface area contributed by atoms with Crippen LogP contribution < -0.4 is 5.73 Å². The molecule has 14 heavy (non-hydrogen) atoms. The number of guanidine groups is 1. The van der Waals surface area contributed by atoms with Crippen LogP contribution in [0.15, 0.2) is 4.99 Å². The third-order valence-electron chi connectivity index (χ3n) is 3.21. The maximum absolute atomic E-state index is 5.87. The molecule has 1 fully saturated rings. The van der Waals surface area contributed by atoms with E-state index in [0.29, 0.717) is 12.0 Å². The lowest BCUT2D eigenvalue weighted by Crippen LogP contribution is -2.43. The van der Waals surface area contributed by atoms with E-state index in [9.17, 15) is 0 Å². The van der Waals surface area contributed by atoms with Gasteiger partial charge in [0.25, 0.3) is 0 Å². The van der Waals surface area contributed by atoms with Crippen LogP contribution in [0.3, 0.4) is 0 Å². The van der Waals surface area contributed by atoms with Gasteiger partial charge >= 0.3 is 0 Å². The van der Waals surface area contributed by atoms with Crippen LogP contribution in [-0.2, 0) is 0 Å². The van der Waals surface area contributed by atoms with Crippen molar-refractivity contribution in [3.05, 3.63) is 0 Å². The van der Waals surface area contributed by atoms with Gasteiger partial charge in [0.15, 0.2) is 5.96 Å². The zero-order valence-corrected chi connectivity index (χ0v) is 9.66. The molecule has 0 unspecified atom stereocenters. The molecule has 82 valence electrons. The summed E-state index contributed by atoms with van der Waals surface area (Å²) >= 11 is 0. The van der Waals surface area contributed by atoms with E-state index >= 15 is 0 Å². The largest absolute Gasteiger partial charge is 0.370 e. The molecular formula is C11H23N3. The smallest absolute Gasteiger partial charge is 0.191 e. The second-order valence-electron chi connectivity index (χ2n) is 4.36. The summed E-state index contributed by atoms with van der Waals surface area (Å²) in [5.41, 5.74) is 5.87. The topological polar surface area (TPSA) is 41.6 Å². The Kier molecular flexibility index (Phi) is 4.23. The average molecular weight is 197 g/mol. The van der Waals surface area contributed by atoms with Gasteiger partial charge in [-0.05, 0) is 38.5 Å². The zero-order chi connectivity index (χ0) is 10.6. The van der Waals surface area contributed by atoms with E-state index in [2.05, 4.69) is 23.9 Å². The molecule has 1 aliphatic carbocycles. The van der Waals surface area contributed by atoms with Gasteiger partial charge in [0.05, 0.1) is 0 Å². The first-order valence-electron chi connectivity index (χ1n) is 5.67. The SMILES string of the molecule is CCN=C(N)N(C)C1CCC(C)CC1. The molecule has 1 saturated carbocycles. The number of hydrogen-bond acceptors (Lipinski definition) is 1. The van der Waals surface area contributed by atoms with Crippen molar-refractivity contribution in [2.24, 2.45) is 16.6 Å². The van der Waals surface area contributed by atoms with Gasteiger partial charge in [0, 0.05) is 19.6 Å². The minimum absolute atomic E-state index is 0.612. The predicted molar refractivity (Wildman–Crippen MR) is 61.3 cm³/mol. The number of aliphatic imine (C=N–C) groups is 1. The van der Waals surface area contributed by atoms with Crippen molar-refractivity contribution in [2.75, 3.05) is 13.6 Å². The molecule has 0 amide bonds. The van der Waals surface area contributed by atoms with Crippen molar-refractivity contribution in [3.63, 3.8) is 0 Å². The minimum atomic E-state index is 0.612. The molecule has 2 N–H and O–H groups in total.